The number of halogens is 1. The SMILES string of the molecule is COC(=O)N[C@H]1C(C)CC(=O)N2c3cc(Cl)ccc3Oc3ccccc3[C@@H]12. The lowest BCUT2D eigenvalue weighted by Gasteiger charge is -2.43. The second-order valence-electron chi connectivity index (χ2n) is 6.80. The molecule has 2 aliphatic rings. The number of ether oxygens (including phenoxy) is 2. The van der Waals surface area contributed by atoms with Gasteiger partial charge in [-0.15, -0.1) is 0 Å². The van der Waals surface area contributed by atoms with Gasteiger partial charge in [0, 0.05) is 17.0 Å². The van der Waals surface area contributed by atoms with Crippen LogP contribution in [0.25, 0.3) is 0 Å². The van der Waals surface area contributed by atoms with Crippen LogP contribution in [0.5, 0.6) is 11.5 Å². The van der Waals surface area contributed by atoms with E-state index in [1.807, 2.05) is 31.2 Å². The Labute approximate surface area is 162 Å². The second kappa shape index (κ2) is 6.78. The minimum absolute atomic E-state index is 0.0424. The molecule has 2 aromatic rings. The molecule has 3 atom stereocenters. The summed E-state index contributed by atoms with van der Waals surface area (Å²) >= 11 is 6.21. The van der Waals surface area contributed by atoms with Crippen molar-refractivity contribution in [3.05, 3.63) is 53.1 Å². The molecule has 0 bridgehead atoms. The molecule has 1 N–H and O–H groups in total. The fourth-order valence-electron chi connectivity index (χ4n) is 3.86. The maximum Gasteiger partial charge on any atom is 0.407 e. The molecule has 1 unspecified atom stereocenters. The van der Waals surface area contributed by atoms with Crippen molar-refractivity contribution in [3.8, 4) is 11.5 Å². The van der Waals surface area contributed by atoms with E-state index in [9.17, 15) is 9.59 Å². The first-order chi connectivity index (χ1) is 13.0. The van der Waals surface area contributed by atoms with Crippen molar-refractivity contribution in [1.82, 2.24) is 5.32 Å². The number of hydrogen-bond donors (Lipinski definition) is 1. The Morgan fingerprint density at radius 2 is 2.04 bits per heavy atom. The van der Waals surface area contributed by atoms with Crippen molar-refractivity contribution < 1.29 is 19.1 Å². The first-order valence-corrected chi connectivity index (χ1v) is 9.10. The smallest absolute Gasteiger partial charge is 0.407 e. The van der Waals surface area contributed by atoms with E-state index >= 15 is 0 Å². The summed E-state index contributed by atoms with van der Waals surface area (Å²) in [6.45, 7) is 1.95. The van der Waals surface area contributed by atoms with Crippen LogP contribution in [0.3, 0.4) is 0 Å². The summed E-state index contributed by atoms with van der Waals surface area (Å²) in [5.74, 6) is 1.08. The number of methoxy groups -OCH3 is 1. The molecule has 0 spiro atoms. The molecule has 140 valence electrons. The number of carbonyl (C=O) groups excluding carboxylic acids is 2. The lowest BCUT2D eigenvalue weighted by molar-refractivity contribution is -0.122. The summed E-state index contributed by atoms with van der Waals surface area (Å²) in [6, 6.07) is 12.0. The van der Waals surface area contributed by atoms with Crippen LogP contribution < -0.4 is 15.0 Å². The van der Waals surface area contributed by atoms with E-state index in [4.69, 9.17) is 21.1 Å². The third kappa shape index (κ3) is 3.00. The molecule has 2 amide bonds. The monoisotopic (exact) mass is 386 g/mol. The van der Waals surface area contributed by atoms with Gasteiger partial charge in [0.05, 0.1) is 24.9 Å². The van der Waals surface area contributed by atoms with E-state index in [-0.39, 0.29) is 17.9 Å². The predicted octanol–water partition coefficient (Wildman–Crippen LogP) is 4.28. The van der Waals surface area contributed by atoms with Gasteiger partial charge in [0.15, 0.2) is 5.75 Å². The summed E-state index contributed by atoms with van der Waals surface area (Å²) in [4.78, 5) is 26.7. The maximum absolute atomic E-state index is 13.1. The van der Waals surface area contributed by atoms with Gasteiger partial charge in [-0.05, 0) is 30.2 Å². The number of amides is 2. The summed E-state index contributed by atoms with van der Waals surface area (Å²) in [5, 5.41) is 3.41. The summed E-state index contributed by atoms with van der Waals surface area (Å²) in [7, 11) is 1.32. The fraction of sp³-hybridized carbons (Fsp3) is 0.300. The number of carbonyl (C=O) groups is 2. The van der Waals surface area contributed by atoms with Gasteiger partial charge in [-0.1, -0.05) is 36.7 Å². The second-order valence-corrected chi connectivity index (χ2v) is 7.24. The molecule has 4 rings (SSSR count). The first-order valence-electron chi connectivity index (χ1n) is 8.72. The minimum Gasteiger partial charge on any atom is -0.455 e. The van der Waals surface area contributed by atoms with Crippen molar-refractivity contribution >= 4 is 29.3 Å². The van der Waals surface area contributed by atoms with Gasteiger partial charge in [0.2, 0.25) is 5.91 Å². The Bertz CT molecular complexity index is 917. The van der Waals surface area contributed by atoms with Crippen molar-refractivity contribution in [2.75, 3.05) is 12.0 Å². The van der Waals surface area contributed by atoms with Crippen LogP contribution in [0.1, 0.15) is 24.9 Å². The third-order valence-electron chi connectivity index (χ3n) is 5.10. The first kappa shape index (κ1) is 17.7. The fourth-order valence-corrected chi connectivity index (χ4v) is 4.03. The van der Waals surface area contributed by atoms with Crippen LogP contribution in [-0.2, 0) is 9.53 Å². The highest BCUT2D eigenvalue weighted by Crippen LogP contribution is 2.49. The number of fused-ring (bicyclic) bond motifs is 5. The number of hydrogen-bond acceptors (Lipinski definition) is 4. The lowest BCUT2D eigenvalue weighted by atomic mass is 9.82. The van der Waals surface area contributed by atoms with Gasteiger partial charge < -0.3 is 14.8 Å². The molecule has 1 saturated heterocycles. The van der Waals surface area contributed by atoms with E-state index in [0.29, 0.717) is 28.6 Å². The largest absolute Gasteiger partial charge is 0.455 e. The molecule has 2 aliphatic heterocycles. The zero-order chi connectivity index (χ0) is 19.1. The van der Waals surface area contributed by atoms with Crippen molar-refractivity contribution in [2.24, 2.45) is 5.92 Å². The maximum atomic E-state index is 13.1. The normalized spacial score (nSPS) is 23.3. The zero-order valence-corrected chi connectivity index (χ0v) is 15.7. The number of piperidine rings is 1. The molecular weight excluding hydrogens is 368 g/mol. The summed E-state index contributed by atoms with van der Waals surface area (Å²) in [6.07, 6.45) is -0.241. The number of para-hydroxylation sites is 1. The quantitative estimate of drug-likeness (QED) is 0.794. The molecule has 0 saturated carbocycles. The number of nitrogens with zero attached hydrogens (tertiary/aromatic N) is 1. The number of benzene rings is 2. The number of anilines is 1. The Morgan fingerprint density at radius 1 is 1.26 bits per heavy atom. The van der Waals surface area contributed by atoms with Gasteiger partial charge in [-0.3, -0.25) is 9.69 Å². The zero-order valence-electron chi connectivity index (χ0n) is 14.9. The van der Waals surface area contributed by atoms with Gasteiger partial charge in [-0.2, -0.15) is 0 Å². The van der Waals surface area contributed by atoms with Gasteiger partial charge in [0.1, 0.15) is 5.75 Å². The molecule has 27 heavy (non-hydrogen) atoms. The molecule has 0 aromatic heterocycles. The van der Waals surface area contributed by atoms with Crippen molar-refractivity contribution in [1.29, 1.82) is 0 Å². The van der Waals surface area contributed by atoms with Crippen LogP contribution >= 0.6 is 11.6 Å². The Balaban J connectivity index is 1.93. The van der Waals surface area contributed by atoms with Crippen molar-refractivity contribution in [3.63, 3.8) is 0 Å². The highest BCUT2D eigenvalue weighted by molar-refractivity contribution is 6.31. The highest BCUT2D eigenvalue weighted by atomic mass is 35.5. The molecule has 2 aromatic carbocycles. The number of rotatable bonds is 1. The average Bonchev–Trinajstić information content (AvgIpc) is 2.79. The topological polar surface area (TPSA) is 67.9 Å². The highest BCUT2D eigenvalue weighted by Gasteiger charge is 2.46. The van der Waals surface area contributed by atoms with Gasteiger partial charge >= 0.3 is 6.09 Å². The van der Waals surface area contributed by atoms with E-state index in [0.717, 1.165) is 5.56 Å². The molecule has 0 radical (unpaired) electrons. The van der Waals surface area contributed by atoms with E-state index < -0.39 is 12.1 Å². The summed E-state index contributed by atoms with van der Waals surface area (Å²) < 4.78 is 10.9. The van der Waals surface area contributed by atoms with Crippen LogP contribution in [0, 0.1) is 5.92 Å². The van der Waals surface area contributed by atoms with E-state index in [2.05, 4.69) is 5.32 Å². The Kier molecular flexibility index (Phi) is 4.44. The third-order valence-corrected chi connectivity index (χ3v) is 5.34. The average molecular weight is 387 g/mol. The van der Waals surface area contributed by atoms with Crippen LogP contribution in [-0.4, -0.2) is 25.2 Å². The van der Waals surface area contributed by atoms with E-state index in [1.54, 1.807) is 23.1 Å². The molecule has 0 aliphatic carbocycles. The molecule has 6 nitrogen and oxygen atoms in total. The standard InChI is InChI=1S/C20H19ClN2O4/c1-11-9-17(24)23-14-10-12(21)7-8-16(14)27-15-6-4-3-5-13(15)19(23)18(11)22-20(25)26-2/h3-8,10-11,18-19H,9H2,1-2H3,(H,22,25)/t11?,18-,19-/m0/s1. The molecular formula is C20H19ClN2O4. The lowest BCUT2D eigenvalue weighted by Crippen LogP contribution is -2.56. The Hall–Kier alpha value is -2.73. The molecule has 7 heteroatoms. The number of nitrogens with one attached hydrogen (secondary N) is 1. The van der Waals surface area contributed by atoms with Gasteiger partial charge in [0.25, 0.3) is 0 Å². The van der Waals surface area contributed by atoms with Crippen molar-refractivity contribution in [2.45, 2.75) is 25.4 Å². The predicted molar refractivity (Wildman–Crippen MR) is 101 cm³/mol. The summed E-state index contributed by atoms with van der Waals surface area (Å²) in [5.41, 5.74) is 1.42. The Morgan fingerprint density at radius 3 is 2.81 bits per heavy atom. The van der Waals surface area contributed by atoms with Crippen LogP contribution in [0.4, 0.5) is 10.5 Å². The minimum atomic E-state index is -0.532. The molecule has 1 fully saturated rings. The number of alkyl carbamates (subject to hydrolysis) is 1. The van der Waals surface area contributed by atoms with E-state index in [1.165, 1.54) is 7.11 Å². The molecule has 2 heterocycles. The van der Waals surface area contributed by atoms with Crippen LogP contribution in [0.2, 0.25) is 5.02 Å². The van der Waals surface area contributed by atoms with Crippen LogP contribution in [0.15, 0.2) is 42.5 Å². The van der Waals surface area contributed by atoms with Gasteiger partial charge in [-0.25, -0.2) is 4.79 Å².